The molecule has 1 saturated heterocycles. The van der Waals surface area contributed by atoms with Crippen LogP contribution in [-0.4, -0.2) is 47.5 Å². The van der Waals surface area contributed by atoms with Crippen LogP contribution in [0.2, 0.25) is 0 Å². The molecule has 0 radical (unpaired) electrons. The SMILES string of the molecule is O=C(OCc1ccccc1)N1CCO[C@H]2C[C@@H](O)C[C@H]21. The molecule has 5 heteroatoms. The number of benzene rings is 1. The van der Waals surface area contributed by atoms with Crippen molar-refractivity contribution >= 4 is 6.09 Å². The van der Waals surface area contributed by atoms with Gasteiger partial charge in [-0.05, 0) is 12.0 Å². The number of carbonyl (C=O) groups is 1. The summed E-state index contributed by atoms with van der Waals surface area (Å²) in [6, 6.07) is 9.56. The fraction of sp³-hybridized carbons (Fsp3) is 0.533. The van der Waals surface area contributed by atoms with Gasteiger partial charge in [-0.2, -0.15) is 0 Å². The lowest BCUT2D eigenvalue weighted by atomic mass is 10.1. The van der Waals surface area contributed by atoms with Crippen molar-refractivity contribution in [1.82, 2.24) is 4.90 Å². The lowest BCUT2D eigenvalue weighted by Crippen LogP contribution is -2.51. The molecule has 3 rings (SSSR count). The van der Waals surface area contributed by atoms with Crippen LogP contribution in [0.1, 0.15) is 18.4 Å². The molecule has 1 aromatic rings. The summed E-state index contributed by atoms with van der Waals surface area (Å²) < 4.78 is 11.0. The third-order valence-electron chi connectivity index (χ3n) is 3.95. The van der Waals surface area contributed by atoms with Crippen LogP contribution in [-0.2, 0) is 16.1 Å². The minimum atomic E-state index is -0.382. The molecule has 1 aliphatic heterocycles. The number of carbonyl (C=O) groups excluding carboxylic acids is 1. The van der Waals surface area contributed by atoms with Crippen LogP contribution >= 0.6 is 0 Å². The molecule has 0 bridgehead atoms. The Balaban J connectivity index is 1.59. The largest absolute Gasteiger partial charge is 0.445 e. The minimum Gasteiger partial charge on any atom is -0.445 e. The van der Waals surface area contributed by atoms with E-state index in [1.807, 2.05) is 30.3 Å². The van der Waals surface area contributed by atoms with Gasteiger partial charge in [-0.1, -0.05) is 30.3 Å². The van der Waals surface area contributed by atoms with Gasteiger partial charge in [0.2, 0.25) is 0 Å². The Kier molecular flexibility index (Phi) is 3.89. The first-order chi connectivity index (χ1) is 9.74. The molecule has 0 aromatic heterocycles. The fourth-order valence-corrected chi connectivity index (χ4v) is 2.96. The Bertz CT molecular complexity index is 464. The van der Waals surface area contributed by atoms with Gasteiger partial charge in [-0.15, -0.1) is 0 Å². The number of aliphatic hydroxyl groups is 1. The Morgan fingerprint density at radius 3 is 2.95 bits per heavy atom. The average Bonchev–Trinajstić information content (AvgIpc) is 2.85. The Morgan fingerprint density at radius 1 is 1.35 bits per heavy atom. The summed E-state index contributed by atoms with van der Waals surface area (Å²) in [6.45, 7) is 1.31. The molecule has 1 aliphatic carbocycles. The smallest absolute Gasteiger partial charge is 0.410 e. The standard InChI is InChI=1S/C15H19NO4/c17-12-8-13-14(9-12)19-7-6-16(13)15(18)20-10-11-4-2-1-3-5-11/h1-5,12-14,17H,6-10H2/t12-,13+,14-/m0/s1. The first kappa shape index (κ1) is 13.4. The van der Waals surface area contributed by atoms with Crippen LogP contribution in [0, 0.1) is 0 Å². The number of morpholine rings is 1. The van der Waals surface area contributed by atoms with E-state index in [0.29, 0.717) is 26.0 Å². The van der Waals surface area contributed by atoms with Gasteiger partial charge in [0.05, 0.1) is 24.9 Å². The molecule has 1 heterocycles. The van der Waals surface area contributed by atoms with Crippen molar-refractivity contribution in [1.29, 1.82) is 0 Å². The van der Waals surface area contributed by atoms with Gasteiger partial charge in [0, 0.05) is 13.0 Å². The topological polar surface area (TPSA) is 59.0 Å². The first-order valence-electron chi connectivity index (χ1n) is 7.01. The second-order valence-electron chi connectivity index (χ2n) is 5.34. The molecule has 3 atom stereocenters. The summed E-state index contributed by atoms with van der Waals surface area (Å²) in [7, 11) is 0. The zero-order valence-corrected chi connectivity index (χ0v) is 11.3. The Labute approximate surface area is 118 Å². The Hall–Kier alpha value is -1.59. The molecule has 1 N–H and O–H groups in total. The molecule has 1 saturated carbocycles. The van der Waals surface area contributed by atoms with E-state index in [4.69, 9.17) is 9.47 Å². The quantitative estimate of drug-likeness (QED) is 0.891. The third-order valence-corrected chi connectivity index (χ3v) is 3.95. The van der Waals surface area contributed by atoms with Crippen LogP contribution in [0.3, 0.4) is 0 Å². The van der Waals surface area contributed by atoms with E-state index >= 15 is 0 Å². The van der Waals surface area contributed by atoms with E-state index in [-0.39, 0.29) is 30.9 Å². The second kappa shape index (κ2) is 5.81. The summed E-state index contributed by atoms with van der Waals surface area (Å²) in [4.78, 5) is 13.9. The number of rotatable bonds is 2. The van der Waals surface area contributed by atoms with Crippen molar-refractivity contribution in [2.45, 2.75) is 37.7 Å². The maximum absolute atomic E-state index is 12.2. The van der Waals surface area contributed by atoms with Crippen LogP contribution < -0.4 is 0 Å². The highest BCUT2D eigenvalue weighted by molar-refractivity contribution is 5.68. The highest BCUT2D eigenvalue weighted by atomic mass is 16.6. The lowest BCUT2D eigenvalue weighted by molar-refractivity contribution is -0.0525. The molecule has 108 valence electrons. The minimum absolute atomic E-state index is 0.0528. The van der Waals surface area contributed by atoms with Crippen molar-refractivity contribution < 1.29 is 19.4 Å². The van der Waals surface area contributed by atoms with Crippen LogP contribution in [0.5, 0.6) is 0 Å². The van der Waals surface area contributed by atoms with E-state index in [0.717, 1.165) is 5.56 Å². The lowest BCUT2D eigenvalue weighted by Gasteiger charge is -2.36. The van der Waals surface area contributed by atoms with E-state index in [2.05, 4.69) is 0 Å². The van der Waals surface area contributed by atoms with Crippen molar-refractivity contribution in [2.24, 2.45) is 0 Å². The number of hydrogen-bond acceptors (Lipinski definition) is 4. The molecule has 1 amide bonds. The van der Waals surface area contributed by atoms with Crippen LogP contribution in [0.15, 0.2) is 30.3 Å². The summed E-state index contributed by atoms with van der Waals surface area (Å²) in [5, 5.41) is 9.71. The average molecular weight is 277 g/mol. The summed E-state index contributed by atoms with van der Waals surface area (Å²) >= 11 is 0. The second-order valence-corrected chi connectivity index (χ2v) is 5.34. The highest BCUT2D eigenvalue weighted by Gasteiger charge is 2.42. The van der Waals surface area contributed by atoms with Gasteiger partial charge in [0.25, 0.3) is 0 Å². The third kappa shape index (κ3) is 2.78. The van der Waals surface area contributed by atoms with Gasteiger partial charge in [-0.3, -0.25) is 0 Å². The summed E-state index contributed by atoms with van der Waals surface area (Å²) in [6.07, 6.45) is 0.426. The molecule has 0 spiro atoms. The van der Waals surface area contributed by atoms with Gasteiger partial charge >= 0.3 is 6.09 Å². The molecule has 2 aliphatic rings. The molecule has 0 unspecified atom stereocenters. The molecule has 5 nitrogen and oxygen atoms in total. The van der Waals surface area contributed by atoms with E-state index in [1.54, 1.807) is 4.90 Å². The van der Waals surface area contributed by atoms with Gasteiger partial charge < -0.3 is 19.5 Å². The monoisotopic (exact) mass is 277 g/mol. The molecule has 1 aromatic carbocycles. The number of fused-ring (bicyclic) bond motifs is 1. The number of aliphatic hydroxyl groups excluding tert-OH is 1. The fourth-order valence-electron chi connectivity index (χ4n) is 2.96. The maximum atomic E-state index is 12.2. The number of nitrogens with zero attached hydrogens (tertiary/aromatic N) is 1. The first-order valence-corrected chi connectivity index (χ1v) is 7.01. The predicted octanol–water partition coefficient (Wildman–Crippen LogP) is 1.55. The van der Waals surface area contributed by atoms with Crippen LogP contribution in [0.4, 0.5) is 4.79 Å². The Morgan fingerprint density at radius 2 is 2.15 bits per heavy atom. The maximum Gasteiger partial charge on any atom is 0.410 e. The molecule has 20 heavy (non-hydrogen) atoms. The number of amides is 1. The van der Waals surface area contributed by atoms with E-state index < -0.39 is 0 Å². The van der Waals surface area contributed by atoms with Gasteiger partial charge in [0.1, 0.15) is 6.61 Å². The van der Waals surface area contributed by atoms with Crippen molar-refractivity contribution in [3.05, 3.63) is 35.9 Å². The molecular weight excluding hydrogens is 258 g/mol. The number of hydrogen-bond donors (Lipinski definition) is 1. The van der Waals surface area contributed by atoms with Crippen LogP contribution in [0.25, 0.3) is 0 Å². The molecular formula is C15H19NO4. The normalized spacial score (nSPS) is 29.1. The zero-order valence-electron chi connectivity index (χ0n) is 11.3. The van der Waals surface area contributed by atoms with E-state index in [1.165, 1.54) is 0 Å². The van der Waals surface area contributed by atoms with Crippen molar-refractivity contribution in [3.63, 3.8) is 0 Å². The summed E-state index contributed by atoms with van der Waals surface area (Å²) in [5.41, 5.74) is 0.970. The number of ether oxygens (including phenoxy) is 2. The summed E-state index contributed by atoms with van der Waals surface area (Å²) in [5.74, 6) is 0. The van der Waals surface area contributed by atoms with Gasteiger partial charge in [-0.25, -0.2) is 4.79 Å². The highest BCUT2D eigenvalue weighted by Crippen LogP contribution is 2.30. The predicted molar refractivity (Wildman–Crippen MR) is 72.1 cm³/mol. The van der Waals surface area contributed by atoms with E-state index in [9.17, 15) is 9.90 Å². The van der Waals surface area contributed by atoms with Crippen molar-refractivity contribution in [2.75, 3.05) is 13.2 Å². The van der Waals surface area contributed by atoms with Gasteiger partial charge in [0.15, 0.2) is 0 Å². The zero-order chi connectivity index (χ0) is 13.9. The molecule has 2 fully saturated rings. The van der Waals surface area contributed by atoms with Crippen molar-refractivity contribution in [3.8, 4) is 0 Å².